The zero-order chi connectivity index (χ0) is 14.0. The molecule has 0 bridgehead atoms. The number of nitrogens with one attached hydrogen (secondary N) is 2. The standard InChI is InChI=1S/C13H22N4O2/c1-7(2)9(6-19-3)15-13(18)12-10(14)11(16-17-12)8-4-5-8/h7-9H,4-6,14H2,1-3H3,(H,15,18)(H,16,17). The molecule has 0 spiro atoms. The van der Waals surface area contributed by atoms with E-state index >= 15 is 0 Å². The number of amides is 1. The number of aromatic amines is 1. The van der Waals surface area contributed by atoms with Crippen molar-refractivity contribution < 1.29 is 9.53 Å². The first kappa shape index (κ1) is 13.9. The van der Waals surface area contributed by atoms with Gasteiger partial charge in [0.05, 0.1) is 24.0 Å². The summed E-state index contributed by atoms with van der Waals surface area (Å²) in [5.74, 6) is 0.497. The number of hydrogen-bond acceptors (Lipinski definition) is 4. The van der Waals surface area contributed by atoms with Crippen molar-refractivity contribution in [2.24, 2.45) is 5.92 Å². The van der Waals surface area contributed by atoms with E-state index in [1.807, 2.05) is 13.8 Å². The molecule has 0 aromatic carbocycles. The minimum absolute atomic E-state index is 0.0435. The Morgan fingerprint density at radius 1 is 1.58 bits per heavy atom. The topological polar surface area (TPSA) is 93.0 Å². The fourth-order valence-electron chi connectivity index (χ4n) is 2.04. The van der Waals surface area contributed by atoms with E-state index in [0.29, 0.717) is 23.9 Å². The largest absolute Gasteiger partial charge is 0.395 e. The lowest BCUT2D eigenvalue weighted by atomic mass is 10.1. The van der Waals surface area contributed by atoms with Gasteiger partial charge in [0.2, 0.25) is 0 Å². The summed E-state index contributed by atoms with van der Waals surface area (Å²) >= 11 is 0. The van der Waals surface area contributed by atoms with Gasteiger partial charge >= 0.3 is 0 Å². The van der Waals surface area contributed by atoms with Gasteiger partial charge in [-0.1, -0.05) is 13.8 Å². The first-order chi connectivity index (χ1) is 9.04. The summed E-state index contributed by atoms with van der Waals surface area (Å²) in [4.78, 5) is 12.2. The number of anilines is 1. The van der Waals surface area contributed by atoms with Crippen molar-refractivity contribution in [1.82, 2.24) is 15.5 Å². The number of carbonyl (C=O) groups excluding carboxylic acids is 1. The van der Waals surface area contributed by atoms with Crippen molar-refractivity contribution in [3.8, 4) is 0 Å². The fourth-order valence-corrected chi connectivity index (χ4v) is 2.04. The molecule has 6 heteroatoms. The van der Waals surface area contributed by atoms with Crippen LogP contribution in [-0.4, -0.2) is 35.9 Å². The third-order valence-electron chi connectivity index (χ3n) is 3.50. The third kappa shape index (κ3) is 3.07. The summed E-state index contributed by atoms with van der Waals surface area (Å²) in [5.41, 5.74) is 7.67. The zero-order valence-corrected chi connectivity index (χ0v) is 11.7. The van der Waals surface area contributed by atoms with Crippen molar-refractivity contribution in [2.75, 3.05) is 19.5 Å². The fraction of sp³-hybridized carbons (Fsp3) is 0.692. The SMILES string of the molecule is COCC(NC(=O)c1n[nH]c(C2CC2)c1N)C(C)C. The van der Waals surface area contributed by atoms with E-state index in [9.17, 15) is 4.79 Å². The van der Waals surface area contributed by atoms with Crippen LogP contribution in [0, 0.1) is 5.92 Å². The van der Waals surface area contributed by atoms with Crippen LogP contribution < -0.4 is 11.1 Å². The van der Waals surface area contributed by atoms with E-state index in [1.165, 1.54) is 0 Å². The monoisotopic (exact) mass is 266 g/mol. The Balaban J connectivity index is 2.06. The minimum Gasteiger partial charge on any atom is -0.395 e. The van der Waals surface area contributed by atoms with Crippen LogP contribution in [0.1, 0.15) is 48.8 Å². The highest BCUT2D eigenvalue weighted by molar-refractivity contribution is 5.97. The molecule has 1 aromatic rings. The maximum Gasteiger partial charge on any atom is 0.274 e. The average Bonchev–Trinajstić information content (AvgIpc) is 3.12. The highest BCUT2D eigenvalue weighted by Gasteiger charge is 2.30. The van der Waals surface area contributed by atoms with Gasteiger partial charge < -0.3 is 15.8 Å². The van der Waals surface area contributed by atoms with Gasteiger partial charge in [-0.3, -0.25) is 9.89 Å². The number of methoxy groups -OCH3 is 1. The second-order valence-electron chi connectivity index (χ2n) is 5.45. The number of nitrogens with two attached hydrogens (primary N) is 1. The first-order valence-electron chi connectivity index (χ1n) is 6.68. The normalized spacial score (nSPS) is 16.6. The lowest BCUT2D eigenvalue weighted by molar-refractivity contribution is 0.0862. The van der Waals surface area contributed by atoms with Crippen LogP contribution in [0.25, 0.3) is 0 Å². The molecule has 106 valence electrons. The third-order valence-corrected chi connectivity index (χ3v) is 3.50. The number of hydrogen-bond donors (Lipinski definition) is 3. The summed E-state index contributed by atoms with van der Waals surface area (Å²) in [6, 6.07) is -0.0435. The van der Waals surface area contributed by atoms with Gasteiger partial charge in [0.25, 0.3) is 5.91 Å². The Labute approximate surface area is 113 Å². The number of rotatable bonds is 6. The van der Waals surface area contributed by atoms with Crippen LogP contribution in [0.5, 0.6) is 0 Å². The number of nitrogens with zero attached hydrogens (tertiary/aromatic N) is 1. The van der Waals surface area contributed by atoms with Crippen molar-refractivity contribution in [3.63, 3.8) is 0 Å². The van der Waals surface area contributed by atoms with Crippen LogP contribution in [0.2, 0.25) is 0 Å². The van der Waals surface area contributed by atoms with Crippen molar-refractivity contribution in [1.29, 1.82) is 0 Å². The highest BCUT2D eigenvalue weighted by Crippen LogP contribution is 2.42. The predicted molar refractivity (Wildman–Crippen MR) is 72.9 cm³/mol. The Hall–Kier alpha value is -1.56. The van der Waals surface area contributed by atoms with Gasteiger partial charge in [-0.2, -0.15) is 5.10 Å². The maximum absolute atomic E-state index is 12.2. The van der Waals surface area contributed by atoms with Crippen molar-refractivity contribution in [3.05, 3.63) is 11.4 Å². The van der Waals surface area contributed by atoms with E-state index in [-0.39, 0.29) is 17.9 Å². The molecule has 19 heavy (non-hydrogen) atoms. The molecular weight excluding hydrogens is 244 g/mol. The molecule has 0 radical (unpaired) electrons. The van der Waals surface area contributed by atoms with Gasteiger partial charge in [0.1, 0.15) is 0 Å². The number of aromatic nitrogens is 2. The quantitative estimate of drug-likeness (QED) is 0.723. The second kappa shape index (κ2) is 5.61. The van der Waals surface area contributed by atoms with E-state index in [2.05, 4.69) is 15.5 Å². The molecule has 0 aliphatic heterocycles. The lowest BCUT2D eigenvalue weighted by Gasteiger charge is -2.21. The average molecular weight is 266 g/mol. The molecule has 1 aliphatic carbocycles. The van der Waals surface area contributed by atoms with Crippen LogP contribution in [0.15, 0.2) is 0 Å². The second-order valence-corrected chi connectivity index (χ2v) is 5.45. The Bertz CT molecular complexity index is 451. The smallest absolute Gasteiger partial charge is 0.274 e. The van der Waals surface area contributed by atoms with Gasteiger partial charge in [0, 0.05) is 13.0 Å². The van der Waals surface area contributed by atoms with Crippen LogP contribution in [-0.2, 0) is 4.74 Å². The molecule has 1 aromatic heterocycles. The molecule has 4 N–H and O–H groups in total. The zero-order valence-electron chi connectivity index (χ0n) is 11.7. The van der Waals surface area contributed by atoms with Crippen LogP contribution in [0.4, 0.5) is 5.69 Å². The molecule has 1 heterocycles. The number of ether oxygens (including phenoxy) is 1. The molecule has 1 aliphatic rings. The molecule has 2 rings (SSSR count). The van der Waals surface area contributed by atoms with Crippen LogP contribution in [0.3, 0.4) is 0 Å². The van der Waals surface area contributed by atoms with E-state index < -0.39 is 0 Å². The molecule has 1 amide bonds. The van der Waals surface area contributed by atoms with Crippen molar-refractivity contribution in [2.45, 2.75) is 38.6 Å². The van der Waals surface area contributed by atoms with Gasteiger partial charge in [-0.15, -0.1) is 0 Å². The molecule has 1 saturated carbocycles. The minimum atomic E-state index is -0.239. The van der Waals surface area contributed by atoms with Gasteiger partial charge in [-0.05, 0) is 18.8 Å². The molecule has 1 atom stereocenters. The van der Waals surface area contributed by atoms with Crippen LogP contribution >= 0.6 is 0 Å². The Morgan fingerprint density at radius 3 is 2.79 bits per heavy atom. The van der Waals surface area contributed by atoms with Gasteiger partial charge in [0.15, 0.2) is 5.69 Å². The molecular formula is C13H22N4O2. The van der Waals surface area contributed by atoms with Crippen molar-refractivity contribution >= 4 is 11.6 Å². The number of nitrogen functional groups attached to an aromatic ring is 1. The van der Waals surface area contributed by atoms with Gasteiger partial charge in [-0.25, -0.2) is 0 Å². The summed E-state index contributed by atoms with van der Waals surface area (Å²) in [6.07, 6.45) is 2.23. The summed E-state index contributed by atoms with van der Waals surface area (Å²) in [5, 5.41) is 9.85. The Kier molecular flexibility index (Phi) is 4.09. The van der Waals surface area contributed by atoms with E-state index in [0.717, 1.165) is 18.5 Å². The number of H-pyrrole nitrogens is 1. The lowest BCUT2D eigenvalue weighted by Crippen LogP contribution is -2.42. The first-order valence-corrected chi connectivity index (χ1v) is 6.68. The predicted octanol–water partition coefficient (Wildman–Crippen LogP) is 1.27. The molecule has 0 saturated heterocycles. The maximum atomic E-state index is 12.2. The summed E-state index contributed by atoms with van der Waals surface area (Å²) in [6.45, 7) is 4.55. The molecule has 1 fully saturated rings. The number of carbonyl (C=O) groups is 1. The van der Waals surface area contributed by atoms with E-state index in [4.69, 9.17) is 10.5 Å². The molecule has 6 nitrogen and oxygen atoms in total. The Morgan fingerprint density at radius 2 is 2.26 bits per heavy atom. The summed E-state index contributed by atoms with van der Waals surface area (Å²) in [7, 11) is 1.62. The molecule has 1 unspecified atom stereocenters. The summed E-state index contributed by atoms with van der Waals surface area (Å²) < 4.78 is 5.11. The van der Waals surface area contributed by atoms with E-state index in [1.54, 1.807) is 7.11 Å². The highest BCUT2D eigenvalue weighted by atomic mass is 16.5.